The number of nitrogens with two attached hydrogens (primary N) is 1. The summed E-state index contributed by atoms with van der Waals surface area (Å²) in [5.41, 5.74) is 9.17. The van der Waals surface area contributed by atoms with E-state index in [9.17, 15) is 0 Å². The Bertz CT molecular complexity index is 981. The smallest absolute Gasteiger partial charge is 0.231 e. The number of hydrogen-bond donors (Lipinski definition) is 1. The van der Waals surface area contributed by atoms with Crippen molar-refractivity contribution in [1.82, 2.24) is 4.90 Å². The topological polar surface area (TPSA) is 47.7 Å². The predicted molar refractivity (Wildman–Crippen MR) is 111 cm³/mol. The SMILES string of the molecule is CN(C/C=C/c1cccc2cc(N)ccc12)CCc1ccc2c(c1)OCO2. The molecule has 0 aliphatic carbocycles. The van der Waals surface area contributed by atoms with Gasteiger partial charge in [0, 0.05) is 18.8 Å². The minimum atomic E-state index is 0.324. The Morgan fingerprint density at radius 3 is 2.85 bits per heavy atom. The van der Waals surface area contributed by atoms with Crippen LogP contribution in [0.5, 0.6) is 11.5 Å². The average molecular weight is 360 g/mol. The molecule has 0 radical (unpaired) electrons. The van der Waals surface area contributed by atoms with E-state index >= 15 is 0 Å². The van der Waals surface area contributed by atoms with Crippen LogP contribution in [0.15, 0.2) is 60.7 Å². The first-order valence-corrected chi connectivity index (χ1v) is 9.21. The van der Waals surface area contributed by atoms with E-state index in [-0.39, 0.29) is 0 Å². The fraction of sp³-hybridized carbons (Fsp3) is 0.217. The average Bonchev–Trinajstić information content (AvgIpc) is 3.14. The van der Waals surface area contributed by atoms with E-state index in [1.54, 1.807) is 0 Å². The van der Waals surface area contributed by atoms with Crippen molar-refractivity contribution in [3.8, 4) is 11.5 Å². The summed E-state index contributed by atoms with van der Waals surface area (Å²) in [7, 11) is 2.14. The lowest BCUT2D eigenvalue weighted by Crippen LogP contribution is -2.21. The molecule has 0 amide bonds. The van der Waals surface area contributed by atoms with Gasteiger partial charge in [-0.3, -0.25) is 0 Å². The molecule has 4 nitrogen and oxygen atoms in total. The summed E-state index contributed by atoms with van der Waals surface area (Å²) in [6.45, 7) is 2.20. The van der Waals surface area contributed by atoms with Crippen molar-refractivity contribution in [2.45, 2.75) is 6.42 Å². The summed E-state index contributed by atoms with van der Waals surface area (Å²) in [5, 5.41) is 2.40. The minimum absolute atomic E-state index is 0.324. The van der Waals surface area contributed by atoms with Crippen LogP contribution < -0.4 is 15.2 Å². The summed E-state index contributed by atoms with van der Waals surface area (Å²) in [6.07, 6.45) is 5.38. The van der Waals surface area contributed by atoms with Crippen molar-refractivity contribution >= 4 is 22.5 Å². The van der Waals surface area contributed by atoms with Gasteiger partial charge >= 0.3 is 0 Å². The summed E-state index contributed by atoms with van der Waals surface area (Å²) < 4.78 is 10.8. The van der Waals surface area contributed by atoms with Crippen LogP contribution in [-0.4, -0.2) is 31.8 Å². The van der Waals surface area contributed by atoms with E-state index in [0.717, 1.165) is 36.7 Å². The Morgan fingerprint density at radius 1 is 1.04 bits per heavy atom. The molecule has 3 aromatic carbocycles. The molecule has 0 saturated carbocycles. The van der Waals surface area contributed by atoms with Crippen LogP contribution in [0.1, 0.15) is 11.1 Å². The lowest BCUT2D eigenvalue weighted by atomic mass is 10.0. The fourth-order valence-corrected chi connectivity index (χ4v) is 3.34. The number of anilines is 1. The number of rotatable bonds is 6. The molecular weight excluding hydrogens is 336 g/mol. The standard InChI is InChI=1S/C23H24N2O2/c1-25(13-11-17-7-10-22-23(14-17)27-16-26-22)12-3-6-18-4-2-5-19-15-20(24)8-9-21(18)19/h2-10,14-15H,11-13,16,24H2,1H3/b6-3+. The van der Waals surface area contributed by atoms with Gasteiger partial charge in [-0.05, 0) is 59.6 Å². The Labute approximate surface area is 159 Å². The first kappa shape index (κ1) is 17.4. The molecule has 0 saturated heterocycles. The van der Waals surface area contributed by atoms with Gasteiger partial charge in [-0.25, -0.2) is 0 Å². The lowest BCUT2D eigenvalue weighted by molar-refractivity contribution is 0.174. The third kappa shape index (κ3) is 4.07. The van der Waals surface area contributed by atoms with Crippen molar-refractivity contribution in [2.75, 3.05) is 32.7 Å². The van der Waals surface area contributed by atoms with E-state index in [2.05, 4.69) is 60.5 Å². The van der Waals surface area contributed by atoms with Crippen LogP contribution in [-0.2, 0) is 6.42 Å². The number of hydrogen-bond acceptors (Lipinski definition) is 4. The van der Waals surface area contributed by atoms with Gasteiger partial charge in [-0.1, -0.05) is 42.5 Å². The highest BCUT2D eigenvalue weighted by Gasteiger charge is 2.13. The van der Waals surface area contributed by atoms with Crippen LogP contribution in [0.3, 0.4) is 0 Å². The molecule has 1 aliphatic rings. The highest BCUT2D eigenvalue weighted by atomic mass is 16.7. The second-order valence-corrected chi connectivity index (χ2v) is 6.93. The molecule has 0 unspecified atom stereocenters. The van der Waals surface area contributed by atoms with Crippen molar-refractivity contribution in [3.63, 3.8) is 0 Å². The Kier molecular flexibility index (Phi) is 4.99. The highest BCUT2D eigenvalue weighted by Crippen LogP contribution is 2.32. The van der Waals surface area contributed by atoms with Crippen LogP contribution in [0.4, 0.5) is 5.69 Å². The summed E-state index contributed by atoms with van der Waals surface area (Å²) in [6, 6.07) is 18.6. The molecule has 3 aromatic rings. The maximum Gasteiger partial charge on any atom is 0.231 e. The number of nitrogen functional groups attached to an aromatic ring is 1. The monoisotopic (exact) mass is 360 g/mol. The minimum Gasteiger partial charge on any atom is -0.454 e. The van der Waals surface area contributed by atoms with Gasteiger partial charge in [0.05, 0.1) is 0 Å². The molecule has 27 heavy (non-hydrogen) atoms. The van der Waals surface area contributed by atoms with Gasteiger partial charge in [0.1, 0.15) is 0 Å². The zero-order valence-corrected chi connectivity index (χ0v) is 15.5. The number of likely N-dealkylation sites (N-methyl/N-ethyl adjacent to an activating group) is 1. The molecule has 0 fully saturated rings. The fourth-order valence-electron chi connectivity index (χ4n) is 3.34. The van der Waals surface area contributed by atoms with Gasteiger partial charge in [0.15, 0.2) is 11.5 Å². The van der Waals surface area contributed by atoms with Crippen LogP contribution in [0.25, 0.3) is 16.8 Å². The first-order chi connectivity index (χ1) is 13.2. The zero-order chi connectivity index (χ0) is 18.6. The van der Waals surface area contributed by atoms with E-state index < -0.39 is 0 Å². The maximum absolute atomic E-state index is 5.89. The third-order valence-electron chi connectivity index (χ3n) is 4.87. The Morgan fingerprint density at radius 2 is 1.93 bits per heavy atom. The number of benzene rings is 3. The van der Waals surface area contributed by atoms with Gasteiger partial charge < -0.3 is 20.1 Å². The zero-order valence-electron chi connectivity index (χ0n) is 15.5. The first-order valence-electron chi connectivity index (χ1n) is 9.21. The molecule has 2 N–H and O–H groups in total. The van der Waals surface area contributed by atoms with E-state index in [1.807, 2.05) is 18.2 Å². The highest BCUT2D eigenvalue weighted by molar-refractivity contribution is 5.92. The molecule has 4 rings (SSSR count). The Hall–Kier alpha value is -2.98. The van der Waals surface area contributed by atoms with Crippen molar-refractivity contribution in [1.29, 1.82) is 0 Å². The van der Waals surface area contributed by atoms with Crippen molar-refractivity contribution in [2.24, 2.45) is 0 Å². The van der Waals surface area contributed by atoms with Gasteiger partial charge in [0.25, 0.3) is 0 Å². The molecule has 1 aliphatic heterocycles. The largest absolute Gasteiger partial charge is 0.454 e. The summed E-state index contributed by atoms with van der Waals surface area (Å²) >= 11 is 0. The molecule has 0 aromatic heterocycles. The number of ether oxygens (including phenoxy) is 2. The van der Waals surface area contributed by atoms with Gasteiger partial charge in [-0.15, -0.1) is 0 Å². The molecule has 1 heterocycles. The van der Waals surface area contributed by atoms with Crippen LogP contribution >= 0.6 is 0 Å². The molecule has 138 valence electrons. The molecule has 0 bridgehead atoms. The number of nitrogens with zero attached hydrogens (tertiary/aromatic N) is 1. The molecular formula is C23H24N2O2. The second kappa shape index (κ2) is 7.72. The van der Waals surface area contributed by atoms with Crippen LogP contribution in [0.2, 0.25) is 0 Å². The quantitative estimate of drug-likeness (QED) is 0.665. The summed E-state index contributed by atoms with van der Waals surface area (Å²) in [5.74, 6) is 1.69. The van der Waals surface area contributed by atoms with Gasteiger partial charge in [-0.2, -0.15) is 0 Å². The van der Waals surface area contributed by atoms with Gasteiger partial charge in [0.2, 0.25) is 6.79 Å². The van der Waals surface area contributed by atoms with Crippen LogP contribution in [0, 0.1) is 0 Å². The summed E-state index contributed by atoms with van der Waals surface area (Å²) in [4.78, 5) is 2.31. The van der Waals surface area contributed by atoms with Crippen molar-refractivity contribution < 1.29 is 9.47 Å². The predicted octanol–water partition coefficient (Wildman–Crippen LogP) is 4.34. The number of fused-ring (bicyclic) bond motifs is 2. The maximum atomic E-state index is 5.89. The molecule has 4 heteroatoms. The molecule has 0 atom stereocenters. The third-order valence-corrected chi connectivity index (χ3v) is 4.87. The Balaban J connectivity index is 1.34. The van der Waals surface area contributed by atoms with E-state index in [0.29, 0.717) is 6.79 Å². The lowest BCUT2D eigenvalue weighted by Gasteiger charge is -2.14. The van der Waals surface area contributed by atoms with Crippen molar-refractivity contribution in [3.05, 3.63) is 71.8 Å². The molecule has 0 spiro atoms. The normalized spacial score (nSPS) is 13.1. The van der Waals surface area contributed by atoms with E-state index in [4.69, 9.17) is 15.2 Å². The van der Waals surface area contributed by atoms with E-state index in [1.165, 1.54) is 21.9 Å². The second-order valence-electron chi connectivity index (χ2n) is 6.93.